The van der Waals surface area contributed by atoms with Gasteiger partial charge >= 0.3 is 5.69 Å². The molecule has 0 aliphatic carbocycles. The molecule has 0 atom stereocenters. The minimum Gasteiger partial charge on any atom is -0.296 e. The van der Waals surface area contributed by atoms with Gasteiger partial charge in [-0.15, -0.1) is 10.2 Å². The maximum atomic E-state index is 13.3. The summed E-state index contributed by atoms with van der Waals surface area (Å²) in [6, 6.07) is 12.0. The van der Waals surface area contributed by atoms with Crippen molar-refractivity contribution in [3.05, 3.63) is 70.0 Å². The molecule has 0 amide bonds. The van der Waals surface area contributed by atoms with Crippen molar-refractivity contribution < 1.29 is 0 Å². The number of H-pyrrole nitrogens is 1. The number of aromatic amines is 1. The van der Waals surface area contributed by atoms with Gasteiger partial charge in [-0.2, -0.15) is 5.21 Å². The van der Waals surface area contributed by atoms with Crippen molar-refractivity contribution in [2.75, 3.05) is 0 Å². The Bertz CT molecular complexity index is 1270. The third kappa shape index (κ3) is 5.00. The molecule has 1 N–H and O–H groups in total. The van der Waals surface area contributed by atoms with Crippen LogP contribution in [0.5, 0.6) is 0 Å². The number of unbranched alkanes of at least 4 members (excludes halogenated alkanes) is 2. The van der Waals surface area contributed by atoms with Crippen LogP contribution in [0.3, 0.4) is 0 Å². The molecule has 0 aliphatic heterocycles. The van der Waals surface area contributed by atoms with Crippen molar-refractivity contribution >= 4 is 0 Å². The first-order valence-electron chi connectivity index (χ1n) is 12.1. The van der Waals surface area contributed by atoms with Crippen molar-refractivity contribution in [2.24, 2.45) is 5.92 Å². The topological polar surface area (TPSA) is 94.3 Å². The maximum absolute atomic E-state index is 13.3. The van der Waals surface area contributed by atoms with E-state index < -0.39 is 0 Å². The molecule has 0 saturated heterocycles. The van der Waals surface area contributed by atoms with Crippen LogP contribution < -0.4 is 5.69 Å². The number of aromatic nitrogens is 7. The van der Waals surface area contributed by atoms with Crippen LogP contribution in [0.25, 0.3) is 22.6 Å². The van der Waals surface area contributed by atoms with Crippen LogP contribution in [-0.2, 0) is 19.5 Å². The van der Waals surface area contributed by atoms with Crippen molar-refractivity contribution in [3.63, 3.8) is 0 Å². The van der Waals surface area contributed by atoms with Gasteiger partial charge < -0.3 is 0 Å². The van der Waals surface area contributed by atoms with Crippen LogP contribution in [0.4, 0.5) is 0 Å². The van der Waals surface area contributed by atoms with Crippen molar-refractivity contribution in [3.8, 4) is 22.6 Å². The molecule has 4 rings (SSSR count). The zero-order valence-corrected chi connectivity index (χ0v) is 20.5. The quantitative estimate of drug-likeness (QED) is 0.349. The molecule has 0 saturated carbocycles. The molecule has 4 aromatic rings. The Labute approximate surface area is 200 Å². The summed E-state index contributed by atoms with van der Waals surface area (Å²) in [5.41, 5.74) is 6.02. The molecule has 3 heterocycles. The van der Waals surface area contributed by atoms with Crippen molar-refractivity contribution in [1.29, 1.82) is 0 Å². The van der Waals surface area contributed by atoms with E-state index in [4.69, 9.17) is 0 Å². The number of tetrazole rings is 1. The van der Waals surface area contributed by atoms with E-state index in [1.165, 1.54) is 6.42 Å². The lowest BCUT2D eigenvalue weighted by Gasteiger charge is -2.10. The molecule has 0 radical (unpaired) electrons. The lowest BCUT2D eigenvalue weighted by atomic mass is 10.0. The van der Waals surface area contributed by atoms with E-state index in [1.54, 1.807) is 6.20 Å². The third-order valence-corrected chi connectivity index (χ3v) is 6.14. The number of nitrogens with zero attached hydrogens (tertiary/aromatic N) is 6. The number of hydrogen-bond donors (Lipinski definition) is 1. The largest absolute Gasteiger partial charge is 0.328 e. The van der Waals surface area contributed by atoms with Gasteiger partial charge in [0.25, 0.3) is 0 Å². The number of imidazole rings is 1. The second kappa shape index (κ2) is 10.6. The van der Waals surface area contributed by atoms with E-state index in [-0.39, 0.29) is 5.69 Å². The van der Waals surface area contributed by atoms with Gasteiger partial charge in [0.1, 0.15) is 0 Å². The highest BCUT2D eigenvalue weighted by Crippen LogP contribution is 2.27. The highest BCUT2D eigenvalue weighted by molar-refractivity contribution is 5.76. The Morgan fingerprint density at radius 3 is 2.53 bits per heavy atom. The lowest BCUT2D eigenvalue weighted by Crippen LogP contribution is -2.27. The maximum Gasteiger partial charge on any atom is 0.328 e. The first-order valence-corrected chi connectivity index (χ1v) is 12.1. The summed E-state index contributed by atoms with van der Waals surface area (Å²) in [7, 11) is 0. The van der Waals surface area contributed by atoms with E-state index in [1.807, 2.05) is 33.4 Å². The van der Waals surface area contributed by atoms with Gasteiger partial charge in [0.15, 0.2) is 0 Å². The Hall–Kier alpha value is -3.55. The molecule has 0 aliphatic rings. The average Bonchev–Trinajstić information content (AvgIpc) is 3.45. The molecular formula is C26H33N7O. The Morgan fingerprint density at radius 2 is 1.85 bits per heavy atom. The molecule has 178 valence electrons. The van der Waals surface area contributed by atoms with Crippen LogP contribution in [-0.4, -0.2) is 34.7 Å². The average molecular weight is 460 g/mol. The van der Waals surface area contributed by atoms with Gasteiger partial charge in [-0.05, 0) is 48.6 Å². The normalized spacial score (nSPS) is 11.4. The lowest BCUT2D eigenvalue weighted by molar-refractivity contribution is 0.497. The smallest absolute Gasteiger partial charge is 0.296 e. The van der Waals surface area contributed by atoms with Gasteiger partial charge in [0.2, 0.25) is 5.82 Å². The fourth-order valence-electron chi connectivity index (χ4n) is 4.40. The van der Waals surface area contributed by atoms with Crippen molar-refractivity contribution in [2.45, 2.75) is 66.5 Å². The molecule has 34 heavy (non-hydrogen) atoms. The second-order valence-corrected chi connectivity index (χ2v) is 9.19. The van der Waals surface area contributed by atoms with Gasteiger partial charge in [-0.3, -0.25) is 14.1 Å². The monoisotopic (exact) mass is 459 g/mol. The first-order chi connectivity index (χ1) is 16.5. The summed E-state index contributed by atoms with van der Waals surface area (Å²) >= 11 is 0. The molecule has 3 aromatic heterocycles. The summed E-state index contributed by atoms with van der Waals surface area (Å²) in [5, 5.41) is 14.4. The van der Waals surface area contributed by atoms with Crippen LogP contribution >= 0.6 is 0 Å². The summed E-state index contributed by atoms with van der Waals surface area (Å²) in [6.07, 6.45) is 6.12. The summed E-state index contributed by atoms with van der Waals surface area (Å²) in [4.78, 5) is 17.9. The zero-order chi connectivity index (χ0) is 24.1. The molecular weight excluding hydrogens is 426 g/mol. The van der Waals surface area contributed by atoms with Crippen LogP contribution in [0.15, 0.2) is 47.4 Å². The highest BCUT2D eigenvalue weighted by Gasteiger charge is 2.18. The van der Waals surface area contributed by atoms with Gasteiger partial charge in [-0.1, -0.05) is 57.9 Å². The van der Waals surface area contributed by atoms with Gasteiger partial charge in [0.05, 0.1) is 12.2 Å². The van der Waals surface area contributed by atoms with Crippen LogP contribution in [0.2, 0.25) is 0 Å². The predicted octanol–water partition coefficient (Wildman–Crippen LogP) is 4.64. The van der Waals surface area contributed by atoms with E-state index in [2.05, 4.69) is 65.4 Å². The van der Waals surface area contributed by atoms with Crippen LogP contribution in [0, 0.1) is 12.8 Å². The number of nitrogens with one attached hydrogen (secondary N) is 1. The van der Waals surface area contributed by atoms with Gasteiger partial charge in [-0.25, -0.2) is 4.79 Å². The molecule has 8 heteroatoms. The number of hydrogen-bond acceptors (Lipinski definition) is 5. The molecule has 8 nitrogen and oxygen atoms in total. The van der Waals surface area contributed by atoms with E-state index in [0.717, 1.165) is 59.6 Å². The Balaban J connectivity index is 1.64. The molecule has 0 unspecified atom stereocenters. The Morgan fingerprint density at radius 1 is 1.06 bits per heavy atom. The number of pyridine rings is 1. The predicted molar refractivity (Wildman–Crippen MR) is 133 cm³/mol. The summed E-state index contributed by atoms with van der Waals surface area (Å²) in [6.45, 7) is 9.91. The summed E-state index contributed by atoms with van der Waals surface area (Å²) in [5.74, 6) is 0.930. The molecule has 0 bridgehead atoms. The number of benzene rings is 1. The fourth-order valence-corrected chi connectivity index (χ4v) is 4.40. The fraction of sp³-hybridized carbons (Fsp3) is 0.423. The van der Waals surface area contributed by atoms with Gasteiger partial charge in [0, 0.05) is 35.3 Å². The first kappa shape index (κ1) is 23.6. The van der Waals surface area contributed by atoms with E-state index in [9.17, 15) is 4.79 Å². The van der Waals surface area contributed by atoms with E-state index >= 15 is 0 Å². The highest BCUT2D eigenvalue weighted by atomic mass is 16.1. The molecule has 0 fully saturated rings. The standard InChI is InChI=1S/C26H33N7O/c1-5-6-7-10-23-19(4)32(16-18(2)3)26(34)33(23)17-20-11-13-21(14-12-20)24-22(9-8-15-27-24)25-28-30-31-29-25/h8-9,11-15,18H,5-7,10,16-17H2,1-4H3,(H,28,29,30,31). The second-order valence-electron chi connectivity index (χ2n) is 9.19. The minimum absolute atomic E-state index is 0.0888. The minimum atomic E-state index is 0.0888. The summed E-state index contributed by atoms with van der Waals surface area (Å²) < 4.78 is 3.92. The molecule has 1 aromatic carbocycles. The molecule has 0 spiro atoms. The van der Waals surface area contributed by atoms with Crippen molar-refractivity contribution in [1.82, 2.24) is 34.7 Å². The Kier molecular flexibility index (Phi) is 7.35. The van der Waals surface area contributed by atoms with E-state index in [0.29, 0.717) is 18.3 Å². The zero-order valence-electron chi connectivity index (χ0n) is 20.5. The third-order valence-electron chi connectivity index (χ3n) is 6.14. The van der Waals surface area contributed by atoms with Crippen LogP contribution in [0.1, 0.15) is 57.0 Å². The SMILES string of the molecule is CCCCCc1c(C)n(CC(C)C)c(=O)n1Cc1ccc(-c2ncccc2-c2nn[nH]n2)cc1. The number of rotatable bonds is 10.